The summed E-state index contributed by atoms with van der Waals surface area (Å²) >= 11 is 13.0. The van der Waals surface area contributed by atoms with Gasteiger partial charge in [-0.05, 0) is 48.0 Å². The number of Topliss-reactive ketones (excluding diaryl/α,β-unsaturated/α-hetero) is 3. The van der Waals surface area contributed by atoms with Crippen molar-refractivity contribution in [1.29, 1.82) is 0 Å². The van der Waals surface area contributed by atoms with E-state index < -0.39 is 29.2 Å². The molecule has 0 unspecified atom stereocenters. The van der Waals surface area contributed by atoms with Crippen LogP contribution in [0.4, 0.5) is 10.1 Å². The Morgan fingerprint density at radius 2 is 1.52 bits per heavy atom. The van der Waals surface area contributed by atoms with Crippen LogP contribution in [0.1, 0.15) is 48.1 Å². The summed E-state index contributed by atoms with van der Waals surface area (Å²) in [7, 11) is 0. The highest BCUT2D eigenvalue weighted by molar-refractivity contribution is 6.35. The van der Waals surface area contributed by atoms with Crippen molar-refractivity contribution in [3.63, 3.8) is 0 Å². The van der Waals surface area contributed by atoms with Crippen molar-refractivity contribution in [3.8, 4) is 0 Å². The van der Waals surface area contributed by atoms with Gasteiger partial charge in [-0.15, -0.1) is 0 Å². The quantitative estimate of drug-likeness (QED) is 0.190. The Bertz CT molecular complexity index is 1760. The molecule has 4 aromatic rings. The number of fused-ring (bicyclic) bond motifs is 5. The predicted molar refractivity (Wildman–Crippen MR) is 153 cm³/mol. The summed E-state index contributed by atoms with van der Waals surface area (Å²) in [5.74, 6) is -2.40. The summed E-state index contributed by atoms with van der Waals surface area (Å²) in [4.78, 5) is 45.6. The van der Waals surface area contributed by atoms with Gasteiger partial charge in [-0.2, -0.15) is 0 Å². The number of ketones is 3. The highest BCUT2D eigenvalue weighted by Crippen LogP contribution is 2.61. The molecule has 40 heavy (non-hydrogen) atoms. The second-order valence-electron chi connectivity index (χ2n) is 10.3. The fourth-order valence-electron chi connectivity index (χ4n) is 6.84. The fraction of sp³-hybridized carbons (Fsp3) is 0.121. The number of carbonyl (C=O) groups is 3. The van der Waals surface area contributed by atoms with Crippen molar-refractivity contribution in [2.75, 3.05) is 4.90 Å². The molecule has 0 amide bonds. The molecule has 4 aromatic carbocycles. The minimum Gasteiger partial charge on any atom is -0.352 e. The molecule has 7 rings (SSSR count). The van der Waals surface area contributed by atoms with Crippen LogP contribution in [-0.4, -0.2) is 29.4 Å². The number of nitrogens with zero attached hydrogens (tertiary/aromatic N) is 1. The van der Waals surface area contributed by atoms with E-state index in [4.69, 9.17) is 23.2 Å². The van der Waals surface area contributed by atoms with E-state index in [9.17, 15) is 18.8 Å². The highest BCUT2D eigenvalue weighted by Gasteiger charge is 2.71. The average Bonchev–Trinajstić information content (AvgIpc) is 3.39. The number of hydrogen-bond acceptors (Lipinski definition) is 4. The molecule has 4 nitrogen and oxygen atoms in total. The topological polar surface area (TPSA) is 54.5 Å². The van der Waals surface area contributed by atoms with Crippen LogP contribution in [0.5, 0.6) is 0 Å². The van der Waals surface area contributed by atoms with Crippen molar-refractivity contribution in [1.82, 2.24) is 0 Å². The summed E-state index contributed by atoms with van der Waals surface area (Å²) in [6.45, 7) is 0. The van der Waals surface area contributed by atoms with E-state index >= 15 is 0 Å². The zero-order chi connectivity index (χ0) is 27.8. The number of anilines is 1. The molecule has 3 aliphatic rings. The molecule has 1 spiro atoms. The second kappa shape index (κ2) is 8.98. The van der Waals surface area contributed by atoms with Crippen LogP contribution in [-0.2, 0) is 0 Å². The Balaban J connectivity index is 1.57. The molecular weight excluding hydrogens is 548 g/mol. The van der Waals surface area contributed by atoms with Crippen molar-refractivity contribution in [2.24, 2.45) is 5.41 Å². The SMILES string of the molecule is O=C(c1ccccc1Cl)[C@@H]1[C@@H](c2cccc(Cl)c2)C2(C(=O)c3ccccc3C2=O)[C@@H]2C=Cc3cc(F)ccc3N12. The Labute approximate surface area is 239 Å². The summed E-state index contributed by atoms with van der Waals surface area (Å²) in [5, 5.41) is 0.670. The smallest absolute Gasteiger partial charge is 0.187 e. The minimum absolute atomic E-state index is 0.258. The summed E-state index contributed by atoms with van der Waals surface area (Å²) in [6, 6.07) is 22.9. The molecule has 0 radical (unpaired) electrons. The van der Waals surface area contributed by atoms with Crippen molar-refractivity contribution in [3.05, 3.63) is 141 Å². The van der Waals surface area contributed by atoms with E-state index in [1.807, 2.05) is 4.90 Å². The lowest BCUT2D eigenvalue weighted by atomic mass is 9.64. The number of carbonyl (C=O) groups excluding carboxylic acids is 3. The zero-order valence-electron chi connectivity index (χ0n) is 20.9. The van der Waals surface area contributed by atoms with Gasteiger partial charge < -0.3 is 4.90 Å². The van der Waals surface area contributed by atoms with Crippen LogP contribution in [0.3, 0.4) is 0 Å². The first-order valence-electron chi connectivity index (χ1n) is 12.8. The van der Waals surface area contributed by atoms with Gasteiger partial charge in [0, 0.05) is 38.9 Å². The van der Waals surface area contributed by atoms with Gasteiger partial charge in [0.2, 0.25) is 0 Å². The molecule has 2 aliphatic heterocycles. The maximum atomic E-state index is 14.6. The predicted octanol–water partition coefficient (Wildman–Crippen LogP) is 7.45. The number of halogens is 3. The van der Waals surface area contributed by atoms with Crippen LogP contribution in [0.2, 0.25) is 10.0 Å². The molecule has 1 aliphatic carbocycles. The van der Waals surface area contributed by atoms with Crippen molar-refractivity contribution < 1.29 is 18.8 Å². The normalized spacial score (nSPS) is 21.9. The molecular formula is C33H20Cl2FNO3. The first-order valence-corrected chi connectivity index (χ1v) is 13.6. The molecule has 3 atom stereocenters. The first-order chi connectivity index (χ1) is 19.3. The molecule has 0 bridgehead atoms. The summed E-state index contributed by atoms with van der Waals surface area (Å²) < 4.78 is 14.3. The Kier molecular flexibility index (Phi) is 5.60. The molecule has 0 saturated carbocycles. The Morgan fingerprint density at radius 3 is 2.23 bits per heavy atom. The van der Waals surface area contributed by atoms with Gasteiger partial charge in [0.1, 0.15) is 17.3 Å². The van der Waals surface area contributed by atoms with Gasteiger partial charge >= 0.3 is 0 Å². The van der Waals surface area contributed by atoms with Crippen LogP contribution in [0, 0.1) is 11.2 Å². The molecule has 1 fully saturated rings. The fourth-order valence-corrected chi connectivity index (χ4v) is 7.27. The van der Waals surface area contributed by atoms with Gasteiger partial charge in [0.25, 0.3) is 0 Å². The van der Waals surface area contributed by atoms with Gasteiger partial charge in [-0.1, -0.05) is 83.9 Å². The van der Waals surface area contributed by atoms with E-state index in [0.717, 1.165) is 0 Å². The lowest BCUT2D eigenvalue weighted by molar-refractivity contribution is 0.0666. The third-order valence-electron chi connectivity index (χ3n) is 8.38. The molecule has 196 valence electrons. The van der Waals surface area contributed by atoms with Gasteiger partial charge in [-0.3, -0.25) is 14.4 Å². The summed E-state index contributed by atoms with van der Waals surface area (Å²) in [6.07, 6.45) is 3.48. The van der Waals surface area contributed by atoms with Gasteiger partial charge in [0.05, 0.1) is 11.1 Å². The average molecular weight is 568 g/mol. The van der Waals surface area contributed by atoms with E-state index in [1.54, 1.807) is 91.0 Å². The van der Waals surface area contributed by atoms with Crippen LogP contribution >= 0.6 is 23.2 Å². The lowest BCUT2D eigenvalue weighted by Gasteiger charge is -2.37. The maximum Gasteiger partial charge on any atom is 0.187 e. The minimum atomic E-state index is -1.67. The third kappa shape index (κ3) is 3.28. The molecule has 2 heterocycles. The standard InChI is InChI=1S/C33H20Cl2FNO3/c34-20-7-5-6-19(16-20)28-29(30(38)24-10-3-4-11-25(24)35)37-26-14-13-21(36)17-18(26)12-15-27(37)33(28)31(39)22-8-1-2-9-23(22)32(33)40/h1-17,27-29H/t27-,28+,29-/m0/s1. The zero-order valence-corrected chi connectivity index (χ0v) is 22.4. The van der Waals surface area contributed by atoms with Crippen LogP contribution in [0.25, 0.3) is 6.08 Å². The van der Waals surface area contributed by atoms with Crippen molar-refractivity contribution >= 4 is 52.3 Å². The Hall–Kier alpha value is -4.06. The van der Waals surface area contributed by atoms with Crippen LogP contribution < -0.4 is 4.90 Å². The van der Waals surface area contributed by atoms with E-state index in [2.05, 4.69) is 0 Å². The molecule has 7 heteroatoms. The van der Waals surface area contributed by atoms with Crippen molar-refractivity contribution in [2.45, 2.75) is 18.0 Å². The lowest BCUT2D eigenvalue weighted by Crippen LogP contribution is -2.48. The molecule has 1 saturated heterocycles. The van der Waals surface area contributed by atoms with E-state index in [1.165, 1.54) is 12.1 Å². The Morgan fingerprint density at radius 1 is 0.825 bits per heavy atom. The number of rotatable bonds is 3. The maximum absolute atomic E-state index is 14.6. The van der Waals surface area contributed by atoms with Gasteiger partial charge in [0.15, 0.2) is 17.3 Å². The highest BCUT2D eigenvalue weighted by atomic mass is 35.5. The largest absolute Gasteiger partial charge is 0.352 e. The van der Waals surface area contributed by atoms with Gasteiger partial charge in [-0.25, -0.2) is 4.39 Å². The monoisotopic (exact) mass is 567 g/mol. The molecule has 0 N–H and O–H groups in total. The second-order valence-corrected chi connectivity index (χ2v) is 11.2. The van der Waals surface area contributed by atoms with E-state index in [-0.39, 0.29) is 27.9 Å². The molecule has 0 aromatic heterocycles. The number of hydrogen-bond donors (Lipinski definition) is 0. The van der Waals surface area contributed by atoms with Crippen LogP contribution in [0.15, 0.2) is 97.1 Å². The van der Waals surface area contributed by atoms with E-state index in [0.29, 0.717) is 33.0 Å². The first kappa shape index (κ1) is 24.9. The number of benzene rings is 4. The summed E-state index contributed by atoms with van der Waals surface area (Å²) in [5.41, 5.74) is 0.931. The third-order valence-corrected chi connectivity index (χ3v) is 8.95.